The maximum atomic E-state index is 13.7. The number of Topliss-reactive ketones (excluding diaryl/α,β-unsaturated/α-hetero) is 1. The van der Waals surface area contributed by atoms with Gasteiger partial charge in [-0.3, -0.25) is 4.79 Å². The topological polar surface area (TPSA) is 70.1 Å². The van der Waals surface area contributed by atoms with Gasteiger partial charge in [0.15, 0.2) is 11.9 Å². The summed E-state index contributed by atoms with van der Waals surface area (Å²) < 4.78 is 6.16. The molecule has 1 aliphatic heterocycles. The van der Waals surface area contributed by atoms with Crippen molar-refractivity contribution in [1.82, 2.24) is 0 Å². The Hall–Kier alpha value is -0.970. The first-order valence-corrected chi connectivity index (χ1v) is 13.0. The lowest BCUT2D eigenvalue weighted by Gasteiger charge is -2.55. The molecule has 9 atom stereocenters. The highest BCUT2D eigenvalue weighted by molar-refractivity contribution is 6.06. The first-order chi connectivity index (χ1) is 14.9. The summed E-state index contributed by atoms with van der Waals surface area (Å²) >= 11 is 0. The van der Waals surface area contributed by atoms with Gasteiger partial charge in [0.2, 0.25) is 0 Å². The Bertz CT molecular complexity index is 888. The fourth-order valence-electron chi connectivity index (χ4n) is 8.19. The maximum Gasteiger partial charge on any atom is 0.193 e. The minimum atomic E-state index is -1.06. The number of ether oxygens (including phenoxy) is 1. The van der Waals surface area contributed by atoms with E-state index in [0.717, 1.165) is 37.7 Å². The molecule has 4 aliphatic carbocycles. The number of carbonyl (C=O) groups excluding carboxylic acids is 1. The Kier molecular flexibility index (Phi) is 5.00. The van der Waals surface area contributed by atoms with Gasteiger partial charge in [-0.15, -0.1) is 0 Å². The van der Waals surface area contributed by atoms with Crippen molar-refractivity contribution in [1.29, 1.82) is 0 Å². The Balaban J connectivity index is 1.51. The van der Waals surface area contributed by atoms with Gasteiger partial charge in [-0.05, 0) is 62.2 Å². The molecule has 0 aromatic carbocycles. The van der Waals surface area contributed by atoms with Crippen LogP contribution in [-0.2, 0) is 9.53 Å². The quantitative estimate of drug-likeness (QED) is 0.476. The molecule has 1 spiro atoms. The highest BCUT2D eigenvalue weighted by atomic mass is 16.6. The van der Waals surface area contributed by atoms with Gasteiger partial charge < -0.3 is 14.9 Å². The Morgan fingerprint density at radius 1 is 1.06 bits per heavy atom. The van der Waals surface area contributed by atoms with Gasteiger partial charge in [0.05, 0.1) is 11.7 Å². The van der Waals surface area contributed by atoms with Gasteiger partial charge >= 0.3 is 0 Å². The summed E-state index contributed by atoms with van der Waals surface area (Å²) in [6.45, 7) is 13.5. The van der Waals surface area contributed by atoms with Crippen molar-refractivity contribution < 1.29 is 19.7 Å². The molecule has 0 amide bonds. The molecule has 2 saturated carbocycles. The standard InChI is InChI=1S/C28H42O4/c1-16(2)17(3)7-8-18(4)20-11-14-27(31)22-21(10-13-25(20,27)5)26(6)12-9-19(29)15-28(26)24(32-28)23(22)30/h7-8,16-20,24,29,31H,9-15H2,1-6H3/b8-7+/t17?,18?,19?,20?,24-,25?,26+,27?,28-/m0/s1. The van der Waals surface area contributed by atoms with E-state index in [-0.39, 0.29) is 16.6 Å². The van der Waals surface area contributed by atoms with E-state index in [1.54, 1.807) is 0 Å². The molecule has 0 aromatic heterocycles. The highest BCUT2D eigenvalue weighted by Crippen LogP contribution is 2.72. The Morgan fingerprint density at radius 2 is 1.78 bits per heavy atom. The summed E-state index contributed by atoms with van der Waals surface area (Å²) in [7, 11) is 0. The smallest absolute Gasteiger partial charge is 0.193 e. The van der Waals surface area contributed by atoms with Crippen molar-refractivity contribution in [3.05, 3.63) is 23.3 Å². The van der Waals surface area contributed by atoms with E-state index in [0.29, 0.717) is 42.1 Å². The number of fused-ring (bicyclic) bond motifs is 3. The number of hydrogen-bond acceptors (Lipinski definition) is 4. The fourth-order valence-corrected chi connectivity index (χ4v) is 8.19. The van der Waals surface area contributed by atoms with Gasteiger partial charge in [-0.2, -0.15) is 0 Å². The number of hydrogen-bond donors (Lipinski definition) is 2. The van der Waals surface area contributed by atoms with E-state index in [4.69, 9.17) is 4.74 Å². The molecule has 5 aliphatic rings. The van der Waals surface area contributed by atoms with Crippen molar-refractivity contribution >= 4 is 5.78 Å². The average Bonchev–Trinajstić information content (AvgIpc) is 3.38. The summed E-state index contributed by atoms with van der Waals surface area (Å²) in [6, 6.07) is 0. The van der Waals surface area contributed by atoms with Crippen LogP contribution in [0.15, 0.2) is 23.3 Å². The number of carbonyl (C=O) groups is 1. The minimum Gasteiger partial charge on any atom is -0.393 e. The van der Waals surface area contributed by atoms with Crippen LogP contribution in [0.2, 0.25) is 0 Å². The minimum absolute atomic E-state index is 0.0114. The van der Waals surface area contributed by atoms with E-state index in [9.17, 15) is 15.0 Å². The van der Waals surface area contributed by atoms with Crippen LogP contribution in [0.25, 0.3) is 0 Å². The molecule has 1 saturated heterocycles. The molecule has 3 fully saturated rings. The zero-order valence-corrected chi connectivity index (χ0v) is 20.8. The third-order valence-electron chi connectivity index (χ3n) is 10.9. The van der Waals surface area contributed by atoms with E-state index >= 15 is 0 Å². The second-order valence-corrected chi connectivity index (χ2v) is 12.6. The first-order valence-electron chi connectivity index (χ1n) is 13.0. The lowest BCUT2D eigenvalue weighted by Crippen LogP contribution is -2.59. The molecular weight excluding hydrogens is 400 g/mol. The van der Waals surface area contributed by atoms with E-state index in [2.05, 4.69) is 53.7 Å². The van der Waals surface area contributed by atoms with Gasteiger partial charge in [-0.25, -0.2) is 0 Å². The Labute approximate surface area is 193 Å². The van der Waals surface area contributed by atoms with Gasteiger partial charge in [0.1, 0.15) is 5.60 Å². The zero-order chi connectivity index (χ0) is 23.3. The maximum absolute atomic E-state index is 13.7. The Morgan fingerprint density at radius 3 is 2.47 bits per heavy atom. The molecular formula is C28H42O4. The molecule has 0 aromatic rings. The van der Waals surface area contributed by atoms with Crippen molar-refractivity contribution in [2.24, 2.45) is 34.5 Å². The normalized spacial score (nSPS) is 49.5. The summed E-state index contributed by atoms with van der Waals surface area (Å²) in [5.74, 6) is 1.89. The molecule has 0 bridgehead atoms. The molecule has 5 rings (SSSR count). The van der Waals surface area contributed by atoms with Crippen molar-refractivity contribution in [2.45, 2.75) is 110 Å². The SMILES string of the molecule is CC(C)C(C)/C=C/C(C)C1CCC2(O)C3=C(CCC12C)[C@@]1(C)CCC(O)C[C@@]12O[C@H]2C3=O. The molecule has 6 unspecified atom stereocenters. The largest absolute Gasteiger partial charge is 0.393 e. The molecule has 2 N–H and O–H groups in total. The predicted octanol–water partition coefficient (Wildman–Crippen LogP) is 4.98. The summed E-state index contributed by atoms with van der Waals surface area (Å²) in [5.41, 5.74) is -0.283. The van der Waals surface area contributed by atoms with Gasteiger partial charge in [-0.1, -0.05) is 59.3 Å². The number of epoxide rings is 1. The van der Waals surface area contributed by atoms with Crippen LogP contribution in [0, 0.1) is 34.5 Å². The lowest BCUT2D eigenvalue weighted by molar-refractivity contribution is -0.125. The number of allylic oxidation sites excluding steroid dienone is 2. The van der Waals surface area contributed by atoms with Crippen molar-refractivity contribution in [3.8, 4) is 0 Å². The van der Waals surface area contributed by atoms with Crippen LogP contribution in [0.3, 0.4) is 0 Å². The predicted molar refractivity (Wildman–Crippen MR) is 125 cm³/mol. The van der Waals surface area contributed by atoms with E-state index < -0.39 is 23.4 Å². The van der Waals surface area contributed by atoms with Gasteiger partial charge in [0.25, 0.3) is 0 Å². The van der Waals surface area contributed by atoms with Crippen LogP contribution < -0.4 is 0 Å². The van der Waals surface area contributed by atoms with Gasteiger partial charge in [0, 0.05) is 22.8 Å². The number of rotatable bonds is 4. The first kappa shape index (κ1) is 22.8. The van der Waals surface area contributed by atoms with Crippen LogP contribution in [-0.4, -0.2) is 39.4 Å². The molecule has 4 nitrogen and oxygen atoms in total. The molecule has 32 heavy (non-hydrogen) atoms. The second-order valence-electron chi connectivity index (χ2n) is 12.6. The lowest BCUT2D eigenvalue weighted by atomic mass is 9.49. The summed E-state index contributed by atoms with van der Waals surface area (Å²) in [4.78, 5) is 13.7. The second kappa shape index (κ2) is 7.02. The van der Waals surface area contributed by atoms with Crippen LogP contribution >= 0.6 is 0 Å². The van der Waals surface area contributed by atoms with E-state index in [1.165, 1.54) is 0 Å². The fraction of sp³-hybridized carbons (Fsp3) is 0.821. The van der Waals surface area contributed by atoms with Crippen LogP contribution in [0.5, 0.6) is 0 Å². The summed E-state index contributed by atoms with van der Waals surface area (Å²) in [5, 5.41) is 22.6. The van der Waals surface area contributed by atoms with Crippen molar-refractivity contribution in [3.63, 3.8) is 0 Å². The summed E-state index contributed by atoms with van der Waals surface area (Å²) in [6.07, 6.45) is 9.34. The highest BCUT2D eigenvalue weighted by Gasteiger charge is 2.78. The molecule has 1 heterocycles. The molecule has 0 radical (unpaired) electrons. The number of ketones is 1. The van der Waals surface area contributed by atoms with Crippen LogP contribution in [0.1, 0.15) is 86.5 Å². The van der Waals surface area contributed by atoms with E-state index in [1.807, 2.05) is 0 Å². The molecule has 178 valence electrons. The monoisotopic (exact) mass is 442 g/mol. The zero-order valence-electron chi connectivity index (χ0n) is 20.8. The van der Waals surface area contributed by atoms with Crippen LogP contribution in [0.4, 0.5) is 0 Å². The molecule has 4 heteroatoms. The third-order valence-corrected chi connectivity index (χ3v) is 10.9. The number of aliphatic hydroxyl groups excluding tert-OH is 1. The number of aliphatic hydroxyl groups is 2. The third kappa shape index (κ3) is 2.69. The average molecular weight is 443 g/mol. The van der Waals surface area contributed by atoms with Crippen molar-refractivity contribution in [2.75, 3.05) is 0 Å².